The molecule has 3 N–H and O–H groups in total. The highest BCUT2D eigenvalue weighted by Crippen LogP contribution is 2.29. The van der Waals surface area contributed by atoms with Crippen LogP contribution in [0.25, 0.3) is 11.0 Å². The minimum absolute atomic E-state index is 0.315. The number of imidazole rings is 1. The highest BCUT2D eigenvalue weighted by Gasteiger charge is 2.49. The van der Waals surface area contributed by atoms with E-state index in [1.807, 2.05) is 19.1 Å². The molecular weight excluding hydrogens is 408 g/mol. The lowest BCUT2D eigenvalue weighted by molar-refractivity contribution is -0.133. The van der Waals surface area contributed by atoms with E-state index >= 15 is 0 Å². The Hall–Kier alpha value is -3.82. The molecular formula is C21H19F2N5O3. The Balaban J connectivity index is 1.48. The van der Waals surface area contributed by atoms with Gasteiger partial charge in [0, 0.05) is 5.69 Å². The predicted octanol–water partition coefficient (Wildman–Crippen LogP) is 3.21. The van der Waals surface area contributed by atoms with E-state index in [-0.39, 0.29) is 0 Å². The molecule has 1 atom stereocenters. The van der Waals surface area contributed by atoms with Crippen LogP contribution in [0.1, 0.15) is 30.3 Å². The maximum atomic E-state index is 12.9. The second kappa shape index (κ2) is 7.46. The standard InChI is InChI=1S/C21H19F2N5O3/c1-11-3-5-12(6-4-11)21(2)19(30)28(20(31)27-21)10-16(29)24-13-7-8-14-15(9-13)26-18(25-14)17(22)23/h3-9,17H,10H2,1-2H3,(H,24,29)(H,25,26)(H,27,31)/t21-/m1/s1. The van der Waals surface area contributed by atoms with Gasteiger partial charge in [-0.1, -0.05) is 29.8 Å². The number of hydrogen-bond acceptors (Lipinski definition) is 4. The molecule has 3 aromatic rings. The maximum absolute atomic E-state index is 12.9. The molecule has 1 fully saturated rings. The van der Waals surface area contributed by atoms with Gasteiger partial charge in [-0.25, -0.2) is 18.6 Å². The Bertz CT molecular complexity index is 1190. The van der Waals surface area contributed by atoms with E-state index in [1.165, 1.54) is 18.2 Å². The molecule has 0 saturated carbocycles. The third kappa shape index (κ3) is 3.72. The molecule has 1 aliphatic heterocycles. The number of aryl methyl sites for hydroxylation is 1. The summed E-state index contributed by atoms with van der Waals surface area (Å²) >= 11 is 0. The van der Waals surface area contributed by atoms with Crippen LogP contribution in [0.2, 0.25) is 0 Å². The van der Waals surface area contributed by atoms with Gasteiger partial charge in [-0.15, -0.1) is 0 Å². The fourth-order valence-corrected chi connectivity index (χ4v) is 3.48. The number of carbonyl (C=O) groups is 3. The maximum Gasteiger partial charge on any atom is 0.325 e. The Morgan fingerprint density at radius 2 is 1.90 bits per heavy atom. The molecule has 0 radical (unpaired) electrons. The van der Waals surface area contributed by atoms with Gasteiger partial charge >= 0.3 is 6.03 Å². The first-order valence-electron chi connectivity index (χ1n) is 9.46. The number of fused-ring (bicyclic) bond motifs is 1. The summed E-state index contributed by atoms with van der Waals surface area (Å²) in [4.78, 5) is 44.9. The number of rotatable bonds is 5. The van der Waals surface area contributed by atoms with Crippen LogP contribution in [-0.2, 0) is 15.1 Å². The number of anilines is 1. The minimum Gasteiger partial charge on any atom is -0.337 e. The Morgan fingerprint density at radius 1 is 1.19 bits per heavy atom. The third-order valence-electron chi connectivity index (χ3n) is 5.20. The van der Waals surface area contributed by atoms with Gasteiger partial charge in [-0.3, -0.25) is 14.5 Å². The van der Waals surface area contributed by atoms with Crippen molar-refractivity contribution in [3.63, 3.8) is 0 Å². The molecule has 4 rings (SSSR count). The molecule has 1 aliphatic rings. The highest BCUT2D eigenvalue weighted by molar-refractivity contribution is 6.10. The molecule has 2 heterocycles. The zero-order valence-corrected chi connectivity index (χ0v) is 16.7. The van der Waals surface area contributed by atoms with Crippen LogP contribution in [0.3, 0.4) is 0 Å². The summed E-state index contributed by atoms with van der Waals surface area (Å²) in [6.07, 6.45) is -2.74. The van der Waals surface area contributed by atoms with Gasteiger partial charge in [-0.2, -0.15) is 0 Å². The number of hydrogen-bond donors (Lipinski definition) is 3. The molecule has 160 valence electrons. The molecule has 8 nitrogen and oxygen atoms in total. The van der Waals surface area contributed by atoms with E-state index in [1.54, 1.807) is 19.1 Å². The fraction of sp³-hybridized carbons (Fsp3) is 0.238. The Labute approximate surface area is 175 Å². The number of aromatic nitrogens is 2. The molecule has 1 saturated heterocycles. The number of nitrogens with one attached hydrogen (secondary N) is 3. The summed E-state index contributed by atoms with van der Waals surface area (Å²) < 4.78 is 25.6. The number of amides is 4. The van der Waals surface area contributed by atoms with E-state index in [0.717, 1.165) is 10.5 Å². The largest absolute Gasteiger partial charge is 0.337 e. The summed E-state index contributed by atoms with van der Waals surface area (Å²) in [5.41, 5.74) is 1.32. The van der Waals surface area contributed by atoms with Crippen molar-refractivity contribution in [3.8, 4) is 0 Å². The molecule has 0 unspecified atom stereocenters. The highest BCUT2D eigenvalue weighted by atomic mass is 19.3. The molecule has 0 bridgehead atoms. The van der Waals surface area contributed by atoms with Gasteiger partial charge in [0.15, 0.2) is 5.82 Å². The second-order valence-electron chi connectivity index (χ2n) is 7.52. The molecule has 10 heteroatoms. The zero-order chi connectivity index (χ0) is 22.3. The molecule has 1 aromatic heterocycles. The van der Waals surface area contributed by atoms with Gasteiger partial charge in [0.05, 0.1) is 11.0 Å². The minimum atomic E-state index is -2.74. The van der Waals surface area contributed by atoms with Gasteiger partial charge in [0.25, 0.3) is 12.3 Å². The number of urea groups is 1. The topological polar surface area (TPSA) is 107 Å². The molecule has 31 heavy (non-hydrogen) atoms. The quantitative estimate of drug-likeness (QED) is 0.544. The summed E-state index contributed by atoms with van der Waals surface area (Å²) in [7, 11) is 0. The van der Waals surface area contributed by atoms with Crippen LogP contribution in [0.4, 0.5) is 19.3 Å². The number of carbonyl (C=O) groups excluding carboxylic acids is 3. The summed E-state index contributed by atoms with van der Waals surface area (Å²) in [6.45, 7) is 3.00. The van der Waals surface area contributed by atoms with Crippen molar-refractivity contribution in [1.82, 2.24) is 20.2 Å². The SMILES string of the molecule is Cc1ccc([C@@]2(C)NC(=O)N(CC(=O)Nc3ccc4nc(C(F)F)[nH]c4c3)C2=O)cc1. The molecule has 0 spiro atoms. The summed E-state index contributed by atoms with van der Waals surface area (Å²) in [5, 5.41) is 5.21. The first-order valence-corrected chi connectivity index (χ1v) is 9.46. The van der Waals surface area contributed by atoms with Crippen molar-refractivity contribution in [2.24, 2.45) is 0 Å². The second-order valence-corrected chi connectivity index (χ2v) is 7.52. The van der Waals surface area contributed by atoms with Gasteiger partial charge < -0.3 is 15.6 Å². The van der Waals surface area contributed by atoms with Crippen LogP contribution in [0, 0.1) is 6.92 Å². The van der Waals surface area contributed by atoms with Crippen LogP contribution in [0.15, 0.2) is 42.5 Å². The lowest BCUT2D eigenvalue weighted by Crippen LogP contribution is -2.42. The monoisotopic (exact) mass is 427 g/mol. The zero-order valence-electron chi connectivity index (χ0n) is 16.7. The number of aromatic amines is 1. The first kappa shape index (κ1) is 20.5. The van der Waals surface area contributed by atoms with Gasteiger partial charge in [0.2, 0.25) is 5.91 Å². The summed E-state index contributed by atoms with van der Waals surface area (Å²) in [5.74, 6) is -1.61. The third-order valence-corrected chi connectivity index (χ3v) is 5.20. The van der Waals surface area contributed by atoms with Crippen molar-refractivity contribution in [2.45, 2.75) is 25.8 Å². The molecule has 0 aliphatic carbocycles. The average molecular weight is 427 g/mol. The van der Waals surface area contributed by atoms with Crippen molar-refractivity contribution < 1.29 is 23.2 Å². The van der Waals surface area contributed by atoms with Crippen LogP contribution in [0.5, 0.6) is 0 Å². The fourth-order valence-electron chi connectivity index (χ4n) is 3.48. The number of imide groups is 1. The first-order chi connectivity index (χ1) is 14.7. The average Bonchev–Trinajstić information content (AvgIpc) is 3.23. The number of benzene rings is 2. The van der Waals surface area contributed by atoms with Crippen molar-refractivity contribution in [3.05, 3.63) is 59.4 Å². The van der Waals surface area contributed by atoms with E-state index in [2.05, 4.69) is 20.6 Å². The summed E-state index contributed by atoms with van der Waals surface area (Å²) in [6, 6.07) is 10.9. The Kier molecular flexibility index (Phi) is 4.92. The lowest BCUT2D eigenvalue weighted by Gasteiger charge is -2.22. The molecule has 4 amide bonds. The van der Waals surface area contributed by atoms with E-state index < -0.39 is 42.2 Å². The van der Waals surface area contributed by atoms with Gasteiger partial charge in [-0.05, 0) is 37.6 Å². The smallest absolute Gasteiger partial charge is 0.325 e. The van der Waals surface area contributed by atoms with Crippen LogP contribution < -0.4 is 10.6 Å². The number of alkyl halides is 2. The predicted molar refractivity (Wildman–Crippen MR) is 108 cm³/mol. The number of nitrogens with zero attached hydrogens (tertiary/aromatic N) is 2. The van der Waals surface area contributed by atoms with Crippen LogP contribution in [-0.4, -0.2) is 39.3 Å². The van der Waals surface area contributed by atoms with Crippen molar-refractivity contribution in [2.75, 3.05) is 11.9 Å². The van der Waals surface area contributed by atoms with E-state index in [0.29, 0.717) is 22.3 Å². The normalized spacial score (nSPS) is 18.7. The van der Waals surface area contributed by atoms with E-state index in [9.17, 15) is 23.2 Å². The van der Waals surface area contributed by atoms with Crippen molar-refractivity contribution in [1.29, 1.82) is 0 Å². The van der Waals surface area contributed by atoms with Gasteiger partial charge in [0.1, 0.15) is 12.1 Å². The van der Waals surface area contributed by atoms with Crippen molar-refractivity contribution >= 4 is 34.6 Å². The Morgan fingerprint density at radius 3 is 2.58 bits per heavy atom. The lowest BCUT2D eigenvalue weighted by atomic mass is 9.91. The number of H-pyrrole nitrogens is 1. The molecule has 2 aromatic carbocycles. The number of halogens is 2. The van der Waals surface area contributed by atoms with E-state index in [4.69, 9.17) is 0 Å². The van der Waals surface area contributed by atoms with Crippen LogP contribution >= 0.6 is 0 Å².